The van der Waals surface area contributed by atoms with Gasteiger partial charge in [0.1, 0.15) is 11.5 Å². The van der Waals surface area contributed by atoms with Crippen LogP contribution in [0.4, 0.5) is 4.79 Å². The molecule has 0 aliphatic heterocycles. The summed E-state index contributed by atoms with van der Waals surface area (Å²) in [6.07, 6.45) is 3.88. The number of hydrogen-bond donors (Lipinski definition) is 3. The molecule has 2 amide bonds. The van der Waals surface area contributed by atoms with Gasteiger partial charge in [0.25, 0.3) is 0 Å². The van der Waals surface area contributed by atoms with Crippen LogP contribution < -0.4 is 20.3 Å². The molecule has 3 N–H and O–H groups in total. The normalized spacial score (nSPS) is 10.5. The molecule has 0 saturated carbocycles. The average Bonchev–Trinajstić information content (AvgIpc) is 2.73. The summed E-state index contributed by atoms with van der Waals surface area (Å²) in [6.45, 7) is 0.947. The predicted molar refractivity (Wildman–Crippen MR) is 108 cm³/mol. The zero-order valence-electron chi connectivity index (χ0n) is 15.4. The van der Waals surface area contributed by atoms with E-state index in [0.29, 0.717) is 30.2 Å². The summed E-state index contributed by atoms with van der Waals surface area (Å²) in [5, 5.41) is 10.7. The Hall–Kier alpha value is -2.97. The summed E-state index contributed by atoms with van der Waals surface area (Å²) >= 11 is 0.876. The number of ether oxygens (including phenoxy) is 2. The van der Waals surface area contributed by atoms with Gasteiger partial charge in [-0.15, -0.1) is 0 Å². The molecule has 2 aromatic carbocycles. The lowest BCUT2D eigenvalue weighted by Crippen LogP contribution is -2.23. The number of carbonyl (C=O) groups excluding carboxylic acids is 2. The molecule has 0 spiro atoms. The Morgan fingerprint density at radius 3 is 2.39 bits per heavy atom. The van der Waals surface area contributed by atoms with E-state index in [0.717, 1.165) is 23.1 Å². The van der Waals surface area contributed by atoms with E-state index < -0.39 is 5.24 Å². The molecule has 0 fully saturated rings. The highest BCUT2D eigenvalue weighted by atomic mass is 32.2. The summed E-state index contributed by atoms with van der Waals surface area (Å²) in [4.78, 5) is 23.5. The van der Waals surface area contributed by atoms with Crippen molar-refractivity contribution in [1.29, 1.82) is 0 Å². The molecular weight excluding hydrogens is 380 g/mol. The highest BCUT2D eigenvalue weighted by molar-refractivity contribution is 8.13. The van der Waals surface area contributed by atoms with Gasteiger partial charge in [-0.3, -0.25) is 14.8 Å². The van der Waals surface area contributed by atoms with Gasteiger partial charge in [0.05, 0.1) is 13.7 Å². The topological polar surface area (TPSA) is 96.9 Å². The Balaban J connectivity index is 1.63. The minimum Gasteiger partial charge on any atom is -0.497 e. The third kappa shape index (κ3) is 7.73. The molecule has 7 nitrogen and oxygen atoms in total. The predicted octanol–water partition coefficient (Wildman–Crippen LogP) is 3.48. The quantitative estimate of drug-likeness (QED) is 0.195. The Morgan fingerprint density at radius 1 is 1.07 bits per heavy atom. The van der Waals surface area contributed by atoms with Gasteiger partial charge >= 0.3 is 5.24 Å². The van der Waals surface area contributed by atoms with Gasteiger partial charge in [0, 0.05) is 17.5 Å². The van der Waals surface area contributed by atoms with Crippen molar-refractivity contribution in [1.82, 2.24) is 10.8 Å². The van der Waals surface area contributed by atoms with E-state index in [2.05, 4.69) is 5.32 Å². The second kappa shape index (κ2) is 11.7. The molecule has 0 heterocycles. The van der Waals surface area contributed by atoms with Crippen molar-refractivity contribution in [2.24, 2.45) is 0 Å². The van der Waals surface area contributed by atoms with Crippen LogP contribution in [0.2, 0.25) is 0 Å². The van der Waals surface area contributed by atoms with E-state index in [1.165, 1.54) is 6.08 Å². The molecule has 0 aliphatic rings. The molecular formula is C20H22N2O5S. The van der Waals surface area contributed by atoms with E-state index in [4.69, 9.17) is 14.7 Å². The summed E-state index contributed by atoms with van der Waals surface area (Å²) in [7, 11) is 1.61. The largest absolute Gasteiger partial charge is 0.497 e. The van der Waals surface area contributed by atoms with Gasteiger partial charge in [-0.2, -0.15) is 0 Å². The molecule has 8 heteroatoms. The monoisotopic (exact) mass is 402 g/mol. The lowest BCUT2D eigenvalue weighted by atomic mass is 10.2. The molecule has 0 unspecified atom stereocenters. The number of amides is 2. The van der Waals surface area contributed by atoms with Crippen LogP contribution in [-0.4, -0.2) is 36.6 Å². The Morgan fingerprint density at radius 2 is 1.75 bits per heavy atom. The first kappa shape index (κ1) is 21.3. The maximum atomic E-state index is 11.8. The first-order valence-corrected chi connectivity index (χ1v) is 9.37. The molecule has 28 heavy (non-hydrogen) atoms. The van der Waals surface area contributed by atoms with Crippen molar-refractivity contribution in [2.45, 2.75) is 11.3 Å². The van der Waals surface area contributed by atoms with Crippen LogP contribution in [0.15, 0.2) is 59.5 Å². The number of thioether (sulfide) groups is 1. The van der Waals surface area contributed by atoms with E-state index in [-0.39, 0.29) is 5.91 Å². The second-order valence-corrected chi connectivity index (χ2v) is 6.62. The van der Waals surface area contributed by atoms with Crippen molar-refractivity contribution in [3.05, 3.63) is 60.2 Å². The highest BCUT2D eigenvalue weighted by Gasteiger charge is 2.03. The van der Waals surface area contributed by atoms with Crippen LogP contribution in [0, 0.1) is 0 Å². The van der Waals surface area contributed by atoms with Gasteiger partial charge in [-0.1, -0.05) is 12.1 Å². The standard InChI is InChI=1S/C20H22N2O5S/c1-26-16-6-3-15(4-7-16)5-12-19(23)21-13-2-14-27-17-8-10-18(11-9-17)28-20(24)22-25/h3-12,25H,2,13-14H2,1H3,(H,21,23)(H,22,24)/b12-5+. The van der Waals surface area contributed by atoms with Crippen molar-refractivity contribution in [3.8, 4) is 11.5 Å². The lowest BCUT2D eigenvalue weighted by Gasteiger charge is -2.07. The molecule has 0 radical (unpaired) electrons. The Labute approximate surface area is 167 Å². The fourth-order valence-corrected chi connectivity index (χ4v) is 2.69. The van der Waals surface area contributed by atoms with Crippen LogP contribution in [-0.2, 0) is 4.79 Å². The van der Waals surface area contributed by atoms with Crippen LogP contribution >= 0.6 is 11.8 Å². The summed E-state index contributed by atoms with van der Waals surface area (Å²) in [5.41, 5.74) is 2.47. The zero-order valence-corrected chi connectivity index (χ0v) is 16.2. The third-order valence-corrected chi connectivity index (χ3v) is 4.34. The lowest BCUT2D eigenvalue weighted by molar-refractivity contribution is -0.116. The van der Waals surface area contributed by atoms with Crippen LogP contribution in [0.1, 0.15) is 12.0 Å². The van der Waals surface area contributed by atoms with Crippen LogP contribution in [0.3, 0.4) is 0 Å². The average molecular weight is 402 g/mol. The van der Waals surface area contributed by atoms with Crippen molar-refractivity contribution >= 4 is 29.0 Å². The van der Waals surface area contributed by atoms with E-state index in [9.17, 15) is 9.59 Å². The number of nitrogens with one attached hydrogen (secondary N) is 2. The number of carbonyl (C=O) groups is 2. The molecule has 0 saturated heterocycles. The first-order valence-electron chi connectivity index (χ1n) is 8.55. The summed E-state index contributed by atoms with van der Waals surface area (Å²) in [5.74, 6) is 1.27. The Bertz CT molecular complexity index is 791. The number of hydroxylamine groups is 1. The van der Waals surface area contributed by atoms with Gasteiger partial charge in [-0.05, 0) is 66.2 Å². The van der Waals surface area contributed by atoms with Gasteiger partial charge < -0.3 is 14.8 Å². The first-order chi connectivity index (χ1) is 13.6. The molecule has 2 rings (SSSR count). The number of benzene rings is 2. The third-order valence-electron chi connectivity index (χ3n) is 3.56. The zero-order chi connectivity index (χ0) is 20.2. The number of hydrogen-bond acceptors (Lipinski definition) is 6. The fraction of sp³-hybridized carbons (Fsp3) is 0.200. The second-order valence-electron chi connectivity index (χ2n) is 5.57. The number of rotatable bonds is 9. The van der Waals surface area contributed by atoms with Crippen LogP contribution in [0.5, 0.6) is 11.5 Å². The Kier molecular flexibility index (Phi) is 8.90. The highest BCUT2D eigenvalue weighted by Crippen LogP contribution is 2.21. The van der Waals surface area contributed by atoms with Gasteiger partial charge in [0.2, 0.25) is 5.91 Å². The molecule has 0 aliphatic carbocycles. The minimum absolute atomic E-state index is 0.167. The summed E-state index contributed by atoms with van der Waals surface area (Å²) < 4.78 is 10.7. The molecule has 0 atom stereocenters. The maximum Gasteiger partial charge on any atom is 0.307 e. The van der Waals surface area contributed by atoms with Crippen molar-refractivity contribution in [3.63, 3.8) is 0 Å². The van der Waals surface area contributed by atoms with Gasteiger partial charge in [-0.25, -0.2) is 5.48 Å². The minimum atomic E-state index is -0.551. The SMILES string of the molecule is COc1ccc(/C=C/C(=O)NCCCOc2ccc(SC(=O)NO)cc2)cc1. The fourth-order valence-electron chi connectivity index (χ4n) is 2.15. The number of methoxy groups -OCH3 is 1. The molecule has 2 aromatic rings. The van der Waals surface area contributed by atoms with Crippen LogP contribution in [0.25, 0.3) is 6.08 Å². The van der Waals surface area contributed by atoms with Gasteiger partial charge in [0.15, 0.2) is 0 Å². The van der Waals surface area contributed by atoms with Crippen molar-refractivity contribution in [2.75, 3.05) is 20.3 Å². The van der Waals surface area contributed by atoms with E-state index in [1.807, 2.05) is 24.3 Å². The molecule has 148 valence electrons. The van der Waals surface area contributed by atoms with E-state index in [1.54, 1.807) is 42.9 Å². The smallest absolute Gasteiger partial charge is 0.307 e. The maximum absolute atomic E-state index is 11.8. The molecule has 0 bridgehead atoms. The summed E-state index contributed by atoms with van der Waals surface area (Å²) in [6, 6.07) is 14.3. The van der Waals surface area contributed by atoms with E-state index >= 15 is 0 Å². The molecule has 0 aromatic heterocycles. The van der Waals surface area contributed by atoms with Crippen molar-refractivity contribution < 1.29 is 24.3 Å².